The van der Waals surface area contributed by atoms with Crippen LogP contribution in [-0.4, -0.2) is 53.4 Å². The molecule has 1 aliphatic heterocycles. The first kappa shape index (κ1) is 16.9. The van der Waals surface area contributed by atoms with E-state index < -0.39 is 23.9 Å². The summed E-state index contributed by atoms with van der Waals surface area (Å²) in [5.41, 5.74) is 0.113. The van der Waals surface area contributed by atoms with Crippen LogP contribution in [-0.2, 0) is 4.79 Å². The number of ketones is 1. The molecular weight excluding hydrogens is 392 g/mol. The van der Waals surface area contributed by atoms with E-state index in [1.807, 2.05) is 0 Å². The highest BCUT2D eigenvalue weighted by atomic mass is 127. The zero-order chi connectivity index (χ0) is 14.0. The third-order valence-corrected chi connectivity index (χ3v) is 2.86. The van der Waals surface area contributed by atoms with Gasteiger partial charge in [0.1, 0.15) is 12.2 Å². The number of nitrogens with zero attached hydrogens (tertiary/aromatic N) is 1. The SMILES string of the molecule is O=C(c1c[nH+]c[nH]1)N1CCNCC1C(=O)C(F)(F)F.[I-]. The number of carbonyl (C=O) groups excluding carboxylic acids is 2. The molecule has 1 unspecified atom stereocenters. The summed E-state index contributed by atoms with van der Waals surface area (Å²) in [5.74, 6) is -2.55. The van der Waals surface area contributed by atoms with E-state index in [2.05, 4.69) is 15.3 Å². The van der Waals surface area contributed by atoms with E-state index in [1.54, 1.807) is 0 Å². The maximum Gasteiger partial charge on any atom is 0.452 e. The number of rotatable bonds is 2. The molecule has 0 aliphatic carbocycles. The first-order valence-corrected chi connectivity index (χ1v) is 5.58. The van der Waals surface area contributed by atoms with Gasteiger partial charge in [0.15, 0.2) is 0 Å². The van der Waals surface area contributed by atoms with Crippen molar-refractivity contribution in [1.29, 1.82) is 0 Å². The predicted molar refractivity (Wildman–Crippen MR) is 56.1 cm³/mol. The molecule has 1 aromatic rings. The van der Waals surface area contributed by atoms with E-state index in [0.29, 0.717) is 6.54 Å². The van der Waals surface area contributed by atoms with Gasteiger partial charge in [0, 0.05) is 19.6 Å². The summed E-state index contributed by atoms with van der Waals surface area (Å²) in [7, 11) is 0. The number of Topliss-reactive ketones (excluding diaryl/α,β-unsaturated/α-hetero) is 1. The second-order valence-electron chi connectivity index (χ2n) is 4.09. The molecule has 1 aliphatic rings. The molecule has 0 bridgehead atoms. The average Bonchev–Trinajstić information content (AvgIpc) is 2.90. The van der Waals surface area contributed by atoms with Crippen molar-refractivity contribution in [3.63, 3.8) is 0 Å². The summed E-state index contributed by atoms with van der Waals surface area (Å²) in [5, 5.41) is 2.69. The first-order chi connectivity index (χ1) is 8.91. The standard InChI is InChI=1S/C10H11F3N4O2.HI/c11-10(12,13)8(18)7-4-14-1-2-17(7)9(19)6-3-15-5-16-6;/h3,5,7,14H,1-2,4H2,(H,15,16);1H. The van der Waals surface area contributed by atoms with Gasteiger partial charge in [-0.1, -0.05) is 0 Å². The third-order valence-electron chi connectivity index (χ3n) is 2.86. The molecule has 0 saturated carbocycles. The van der Waals surface area contributed by atoms with Gasteiger partial charge in [0.2, 0.25) is 12.0 Å². The van der Waals surface area contributed by atoms with E-state index >= 15 is 0 Å². The highest BCUT2D eigenvalue weighted by Gasteiger charge is 2.47. The zero-order valence-electron chi connectivity index (χ0n) is 10.1. The summed E-state index contributed by atoms with van der Waals surface area (Å²) < 4.78 is 37.5. The van der Waals surface area contributed by atoms with Gasteiger partial charge in [-0.2, -0.15) is 13.2 Å². The van der Waals surface area contributed by atoms with Crippen LogP contribution < -0.4 is 34.3 Å². The van der Waals surface area contributed by atoms with E-state index in [0.717, 1.165) is 4.90 Å². The Hall–Kier alpha value is -1.17. The van der Waals surface area contributed by atoms with Gasteiger partial charge < -0.3 is 34.2 Å². The second kappa shape index (κ2) is 6.52. The second-order valence-corrected chi connectivity index (χ2v) is 4.09. The lowest BCUT2D eigenvalue weighted by Gasteiger charge is -2.34. The Bertz CT molecular complexity index is 477. The van der Waals surface area contributed by atoms with Crippen LogP contribution in [0.1, 0.15) is 10.5 Å². The number of aromatic nitrogens is 2. The molecule has 1 aromatic heterocycles. The lowest BCUT2D eigenvalue weighted by atomic mass is 10.1. The summed E-state index contributed by atoms with van der Waals surface area (Å²) in [6.45, 7) is 0.191. The van der Waals surface area contributed by atoms with E-state index in [4.69, 9.17) is 0 Å². The van der Waals surface area contributed by atoms with Crippen LogP contribution in [0.5, 0.6) is 0 Å². The van der Waals surface area contributed by atoms with Crippen molar-refractivity contribution in [3.05, 3.63) is 18.2 Å². The molecule has 0 spiro atoms. The Kier molecular flexibility index (Phi) is 5.50. The number of carbonyl (C=O) groups is 2. The number of imidazole rings is 1. The first-order valence-electron chi connectivity index (χ1n) is 5.58. The molecule has 2 rings (SSSR count). The number of hydrogen-bond donors (Lipinski definition) is 2. The Morgan fingerprint density at radius 2 is 2.10 bits per heavy atom. The molecule has 6 nitrogen and oxygen atoms in total. The van der Waals surface area contributed by atoms with Crippen molar-refractivity contribution in [1.82, 2.24) is 15.2 Å². The van der Waals surface area contributed by atoms with Gasteiger partial charge in [-0.15, -0.1) is 0 Å². The van der Waals surface area contributed by atoms with Crippen LogP contribution in [0.25, 0.3) is 0 Å². The zero-order valence-corrected chi connectivity index (χ0v) is 12.3. The van der Waals surface area contributed by atoms with Gasteiger partial charge in [-0.3, -0.25) is 9.59 Å². The lowest BCUT2D eigenvalue weighted by molar-refractivity contribution is -0.375. The molecule has 0 radical (unpaired) electrons. The van der Waals surface area contributed by atoms with Gasteiger partial charge in [0.25, 0.3) is 11.7 Å². The molecule has 2 heterocycles. The highest BCUT2D eigenvalue weighted by Crippen LogP contribution is 2.22. The summed E-state index contributed by atoms with van der Waals surface area (Å²) in [6.07, 6.45) is -2.25. The van der Waals surface area contributed by atoms with Crippen LogP contribution in [0.2, 0.25) is 0 Å². The Morgan fingerprint density at radius 1 is 1.40 bits per heavy atom. The molecule has 3 N–H and O–H groups in total. The molecule has 1 amide bonds. The van der Waals surface area contributed by atoms with Crippen molar-refractivity contribution < 1.29 is 51.7 Å². The summed E-state index contributed by atoms with van der Waals surface area (Å²) >= 11 is 0. The predicted octanol–water partition coefficient (Wildman–Crippen LogP) is -3.62. The highest BCUT2D eigenvalue weighted by molar-refractivity contribution is 5.98. The average molecular weight is 404 g/mol. The molecule has 20 heavy (non-hydrogen) atoms. The number of H-pyrrole nitrogens is 2. The summed E-state index contributed by atoms with van der Waals surface area (Å²) in [4.78, 5) is 29.5. The lowest BCUT2D eigenvalue weighted by Crippen LogP contribution is -3.00. The van der Waals surface area contributed by atoms with Crippen LogP contribution in [0.15, 0.2) is 12.5 Å². The third kappa shape index (κ3) is 3.48. The Morgan fingerprint density at radius 3 is 2.65 bits per heavy atom. The molecular formula is C10H12F3IN4O2. The van der Waals surface area contributed by atoms with Gasteiger partial charge in [-0.05, 0) is 0 Å². The largest absolute Gasteiger partial charge is 1.00 e. The minimum atomic E-state index is -4.95. The monoisotopic (exact) mass is 404 g/mol. The fourth-order valence-corrected chi connectivity index (χ4v) is 1.93. The fourth-order valence-electron chi connectivity index (χ4n) is 1.93. The minimum absolute atomic E-state index is 0. The van der Waals surface area contributed by atoms with Crippen molar-refractivity contribution >= 4 is 11.7 Å². The van der Waals surface area contributed by atoms with Crippen molar-refractivity contribution in [2.45, 2.75) is 12.2 Å². The quantitative estimate of drug-likeness (QED) is 0.500. The van der Waals surface area contributed by atoms with Crippen molar-refractivity contribution in [2.24, 2.45) is 0 Å². The smallest absolute Gasteiger partial charge is 0.452 e. The molecule has 1 saturated heterocycles. The normalized spacial score (nSPS) is 19.4. The fraction of sp³-hybridized carbons (Fsp3) is 0.500. The number of amides is 1. The Labute approximate surface area is 129 Å². The van der Waals surface area contributed by atoms with Crippen LogP contribution >= 0.6 is 0 Å². The minimum Gasteiger partial charge on any atom is -1.00 e. The number of piperazine rings is 1. The number of halogens is 4. The number of nitrogens with one attached hydrogen (secondary N) is 3. The van der Waals surface area contributed by atoms with Gasteiger partial charge in [0.05, 0.1) is 0 Å². The number of alkyl halides is 3. The molecule has 0 aromatic carbocycles. The van der Waals surface area contributed by atoms with E-state index in [-0.39, 0.29) is 42.8 Å². The maximum atomic E-state index is 12.5. The van der Waals surface area contributed by atoms with E-state index in [9.17, 15) is 22.8 Å². The molecule has 112 valence electrons. The van der Waals surface area contributed by atoms with Crippen LogP contribution in [0.4, 0.5) is 13.2 Å². The van der Waals surface area contributed by atoms with E-state index in [1.165, 1.54) is 12.5 Å². The van der Waals surface area contributed by atoms with Crippen molar-refractivity contribution in [2.75, 3.05) is 19.6 Å². The number of hydrogen-bond acceptors (Lipinski definition) is 3. The van der Waals surface area contributed by atoms with Gasteiger partial charge in [-0.25, -0.2) is 9.97 Å². The molecule has 1 atom stereocenters. The molecule has 10 heteroatoms. The number of aromatic amines is 2. The van der Waals surface area contributed by atoms with Crippen LogP contribution in [0.3, 0.4) is 0 Å². The Balaban J connectivity index is 0.00000200. The molecule has 1 fully saturated rings. The maximum absolute atomic E-state index is 12.5. The van der Waals surface area contributed by atoms with Gasteiger partial charge >= 0.3 is 6.18 Å². The topological polar surface area (TPSA) is 79.3 Å². The summed E-state index contributed by atoms with van der Waals surface area (Å²) in [6, 6.07) is -1.52. The van der Waals surface area contributed by atoms with Crippen LogP contribution in [0, 0.1) is 0 Å². The van der Waals surface area contributed by atoms with Crippen molar-refractivity contribution in [3.8, 4) is 0 Å².